The molecule has 0 radical (unpaired) electrons. The normalized spacial score (nSPS) is 12.7. The van der Waals surface area contributed by atoms with Crippen molar-refractivity contribution in [2.75, 3.05) is 32.2 Å². The number of alkyl carbamates (subject to hydrolysis) is 1. The molecule has 0 saturated carbocycles. The molecule has 0 fully saturated rings. The summed E-state index contributed by atoms with van der Waals surface area (Å²) in [6, 6.07) is 3.95. The summed E-state index contributed by atoms with van der Waals surface area (Å²) in [5, 5.41) is 15.2. The number of nitrogens with zero attached hydrogens (tertiary/aromatic N) is 1. The van der Waals surface area contributed by atoms with E-state index in [-0.39, 0.29) is 25.3 Å². The number of esters is 1. The zero-order chi connectivity index (χ0) is 26.6. The van der Waals surface area contributed by atoms with Gasteiger partial charge in [-0.2, -0.15) is 11.8 Å². The van der Waals surface area contributed by atoms with Gasteiger partial charge in [-0.15, -0.1) is 0 Å². The van der Waals surface area contributed by atoms with E-state index in [0.29, 0.717) is 17.7 Å². The van der Waals surface area contributed by atoms with Gasteiger partial charge in [0, 0.05) is 13.6 Å². The number of likely N-dealkylation sites (N-methyl/N-ethyl adjacent to an activating group) is 1. The topological polar surface area (TPSA) is 134 Å². The van der Waals surface area contributed by atoms with Crippen molar-refractivity contribution in [2.24, 2.45) is 0 Å². The molecule has 0 aromatic heterocycles. The molecule has 35 heavy (non-hydrogen) atoms. The molecule has 0 aliphatic rings. The number of benzene rings is 1. The average molecular weight is 512 g/mol. The van der Waals surface area contributed by atoms with Crippen molar-refractivity contribution in [1.82, 2.24) is 15.5 Å². The Balaban J connectivity index is 3.14. The van der Waals surface area contributed by atoms with Gasteiger partial charge in [0.05, 0.1) is 13.0 Å². The van der Waals surface area contributed by atoms with Crippen molar-refractivity contribution >= 4 is 35.6 Å². The average Bonchev–Trinajstić information content (AvgIpc) is 2.75. The molecule has 0 aliphatic heterocycles. The predicted molar refractivity (Wildman–Crippen MR) is 134 cm³/mol. The second kappa shape index (κ2) is 14.4. The monoisotopic (exact) mass is 511 g/mol. The fourth-order valence-corrected chi connectivity index (χ4v) is 3.65. The van der Waals surface area contributed by atoms with Crippen LogP contribution in [-0.2, 0) is 23.9 Å². The maximum absolute atomic E-state index is 13.5. The van der Waals surface area contributed by atoms with Crippen LogP contribution in [0.5, 0.6) is 5.75 Å². The Labute approximate surface area is 211 Å². The summed E-state index contributed by atoms with van der Waals surface area (Å²) in [5.41, 5.74) is -0.373. The highest BCUT2D eigenvalue weighted by Gasteiger charge is 2.34. The molecular formula is C24H37N3O7S. The Hall–Kier alpha value is -2.95. The van der Waals surface area contributed by atoms with Gasteiger partial charge >= 0.3 is 12.1 Å². The summed E-state index contributed by atoms with van der Waals surface area (Å²) < 4.78 is 10.2. The van der Waals surface area contributed by atoms with E-state index in [2.05, 4.69) is 10.6 Å². The largest absolute Gasteiger partial charge is 0.508 e. The molecule has 196 valence electrons. The first-order chi connectivity index (χ1) is 16.4. The zero-order valence-corrected chi connectivity index (χ0v) is 22.1. The highest BCUT2D eigenvalue weighted by molar-refractivity contribution is 7.98. The number of rotatable bonds is 12. The van der Waals surface area contributed by atoms with Crippen LogP contribution in [0.4, 0.5) is 4.79 Å². The molecule has 1 aromatic rings. The van der Waals surface area contributed by atoms with E-state index in [1.165, 1.54) is 35.8 Å². The van der Waals surface area contributed by atoms with E-state index in [1.807, 2.05) is 6.26 Å². The number of thioether (sulfide) groups is 1. The summed E-state index contributed by atoms with van der Waals surface area (Å²) in [4.78, 5) is 51.8. The molecule has 0 aliphatic carbocycles. The van der Waals surface area contributed by atoms with Crippen LogP contribution in [0.25, 0.3) is 0 Å². The van der Waals surface area contributed by atoms with Gasteiger partial charge in [-0.1, -0.05) is 12.1 Å². The molecule has 1 rings (SSSR count). The second-order valence-electron chi connectivity index (χ2n) is 8.77. The van der Waals surface area contributed by atoms with Crippen LogP contribution in [0.1, 0.15) is 52.1 Å². The summed E-state index contributed by atoms with van der Waals surface area (Å²) >= 11 is 1.51. The van der Waals surface area contributed by atoms with Gasteiger partial charge in [0.2, 0.25) is 11.8 Å². The minimum atomic E-state index is -1.12. The predicted octanol–water partition coefficient (Wildman–Crippen LogP) is 2.61. The first-order valence-corrected chi connectivity index (χ1v) is 12.8. The molecule has 10 nitrogen and oxygen atoms in total. The highest BCUT2D eigenvalue weighted by atomic mass is 32.2. The Kier molecular flexibility index (Phi) is 12.4. The lowest BCUT2D eigenvalue weighted by Gasteiger charge is -2.31. The van der Waals surface area contributed by atoms with Crippen LogP contribution in [-0.4, -0.2) is 77.7 Å². The first kappa shape index (κ1) is 30.1. The molecule has 0 bridgehead atoms. The van der Waals surface area contributed by atoms with Crippen LogP contribution in [0, 0.1) is 0 Å². The van der Waals surface area contributed by atoms with Crippen LogP contribution >= 0.6 is 11.8 Å². The Morgan fingerprint density at radius 3 is 2.46 bits per heavy atom. The van der Waals surface area contributed by atoms with Crippen molar-refractivity contribution in [1.29, 1.82) is 0 Å². The van der Waals surface area contributed by atoms with E-state index in [0.717, 1.165) is 0 Å². The molecule has 1 aromatic carbocycles. The molecule has 0 spiro atoms. The molecular weight excluding hydrogens is 474 g/mol. The number of aromatic hydroxyl groups is 1. The molecule has 0 saturated heterocycles. The zero-order valence-electron chi connectivity index (χ0n) is 21.3. The lowest BCUT2D eigenvalue weighted by Crippen LogP contribution is -2.52. The van der Waals surface area contributed by atoms with Crippen molar-refractivity contribution < 1.29 is 33.8 Å². The summed E-state index contributed by atoms with van der Waals surface area (Å²) in [5.74, 6) is -0.985. The van der Waals surface area contributed by atoms with E-state index < -0.39 is 41.6 Å². The lowest BCUT2D eigenvalue weighted by atomic mass is 10.0. The Bertz CT molecular complexity index is 873. The molecule has 0 heterocycles. The van der Waals surface area contributed by atoms with Crippen LogP contribution in [0.15, 0.2) is 24.3 Å². The SMILES string of the molecule is CCOC(=O)CCNC(=O)C(c1cccc(O)c1)N(C)C(=O)C(CCSC)NC(=O)OC(C)(C)C. The van der Waals surface area contributed by atoms with Crippen LogP contribution in [0.2, 0.25) is 0 Å². The fraction of sp³-hybridized carbons (Fsp3) is 0.583. The lowest BCUT2D eigenvalue weighted by molar-refractivity contribution is -0.143. The molecule has 2 atom stereocenters. The summed E-state index contributed by atoms with van der Waals surface area (Å²) in [6.07, 6.45) is 1.44. The number of hydrogen-bond acceptors (Lipinski definition) is 8. The maximum atomic E-state index is 13.5. The number of phenolic OH excluding ortho intramolecular Hbond substituents is 1. The first-order valence-electron chi connectivity index (χ1n) is 11.4. The van der Waals surface area contributed by atoms with Crippen molar-refractivity contribution in [3.63, 3.8) is 0 Å². The minimum absolute atomic E-state index is 0.0150. The van der Waals surface area contributed by atoms with E-state index in [1.54, 1.807) is 39.8 Å². The minimum Gasteiger partial charge on any atom is -0.508 e. The molecule has 11 heteroatoms. The van der Waals surface area contributed by atoms with Gasteiger partial charge in [-0.25, -0.2) is 4.79 Å². The number of ether oxygens (including phenoxy) is 2. The number of hydrogen-bond donors (Lipinski definition) is 3. The molecule has 3 N–H and O–H groups in total. The smallest absolute Gasteiger partial charge is 0.408 e. The van der Waals surface area contributed by atoms with Gasteiger partial charge in [-0.05, 0) is 63.8 Å². The third-order valence-electron chi connectivity index (χ3n) is 4.70. The van der Waals surface area contributed by atoms with Crippen molar-refractivity contribution in [3.05, 3.63) is 29.8 Å². The number of carbonyl (C=O) groups is 4. The van der Waals surface area contributed by atoms with Crippen molar-refractivity contribution in [2.45, 2.75) is 58.2 Å². The number of amides is 3. The molecule has 3 amide bonds. The number of nitrogens with one attached hydrogen (secondary N) is 2. The summed E-state index contributed by atoms with van der Waals surface area (Å²) in [7, 11) is 1.45. The third-order valence-corrected chi connectivity index (χ3v) is 5.35. The third kappa shape index (κ3) is 10.9. The van der Waals surface area contributed by atoms with Crippen molar-refractivity contribution in [3.8, 4) is 5.75 Å². The number of carbonyl (C=O) groups excluding carboxylic acids is 4. The van der Waals surface area contributed by atoms with E-state index in [4.69, 9.17) is 9.47 Å². The van der Waals surface area contributed by atoms with Gasteiger partial charge in [0.1, 0.15) is 23.4 Å². The Morgan fingerprint density at radius 1 is 1.20 bits per heavy atom. The quantitative estimate of drug-likeness (QED) is 0.365. The maximum Gasteiger partial charge on any atom is 0.408 e. The standard InChI is InChI=1S/C24H37N3O7S/c1-7-33-19(29)11-13-25-21(30)20(16-9-8-10-17(28)15-16)27(5)22(31)18(12-14-35-6)26-23(32)34-24(2,3)4/h8-10,15,18,20,28H,7,11-14H2,1-6H3,(H,25,30)(H,26,32). The van der Waals surface area contributed by atoms with Gasteiger partial charge in [0.15, 0.2) is 0 Å². The summed E-state index contributed by atoms with van der Waals surface area (Å²) in [6.45, 7) is 7.09. The number of phenols is 1. The van der Waals surface area contributed by atoms with Crippen LogP contribution < -0.4 is 10.6 Å². The van der Waals surface area contributed by atoms with E-state index >= 15 is 0 Å². The van der Waals surface area contributed by atoms with Gasteiger partial charge < -0.3 is 30.1 Å². The second-order valence-corrected chi connectivity index (χ2v) is 9.76. The van der Waals surface area contributed by atoms with Gasteiger partial charge in [-0.3, -0.25) is 14.4 Å². The molecule has 2 unspecified atom stereocenters. The van der Waals surface area contributed by atoms with Gasteiger partial charge in [0.25, 0.3) is 0 Å². The van der Waals surface area contributed by atoms with Crippen LogP contribution in [0.3, 0.4) is 0 Å². The highest BCUT2D eigenvalue weighted by Crippen LogP contribution is 2.24. The van der Waals surface area contributed by atoms with E-state index in [9.17, 15) is 24.3 Å². The fourth-order valence-electron chi connectivity index (χ4n) is 3.18. The Morgan fingerprint density at radius 2 is 1.89 bits per heavy atom.